The number of nitrogens with one attached hydrogen (secondary N) is 1. The van der Waals surface area contributed by atoms with Crippen molar-refractivity contribution in [1.82, 2.24) is 10.4 Å². The average Bonchev–Trinajstić information content (AvgIpc) is 3.36. The molecule has 1 N–H and O–H groups in total. The Kier molecular flexibility index (Phi) is 5.74. The summed E-state index contributed by atoms with van der Waals surface area (Å²) in [4.78, 5) is 54.9. The Morgan fingerprint density at radius 1 is 1.06 bits per heavy atom. The third-order valence-electron chi connectivity index (χ3n) is 4.97. The Morgan fingerprint density at radius 2 is 1.66 bits per heavy atom. The van der Waals surface area contributed by atoms with Crippen molar-refractivity contribution in [2.45, 2.75) is 24.8 Å². The van der Waals surface area contributed by atoms with Crippen molar-refractivity contribution in [2.75, 3.05) is 6.61 Å². The van der Waals surface area contributed by atoms with E-state index < -0.39 is 41.6 Å². The largest absolute Gasteiger partial charge is 0.448 e. The molecule has 0 aromatic heterocycles. The summed E-state index contributed by atoms with van der Waals surface area (Å²) in [7, 11) is 0. The molecule has 32 heavy (non-hydrogen) atoms. The van der Waals surface area contributed by atoms with Gasteiger partial charge < -0.3 is 14.8 Å². The molecule has 0 aliphatic carbocycles. The summed E-state index contributed by atoms with van der Waals surface area (Å²) in [5.41, 5.74) is -0.885. The molecule has 1 saturated heterocycles. The maximum atomic E-state index is 13.4. The van der Waals surface area contributed by atoms with E-state index in [1.165, 1.54) is 6.92 Å². The fourth-order valence-electron chi connectivity index (χ4n) is 3.51. The molecule has 0 bridgehead atoms. The van der Waals surface area contributed by atoms with Crippen molar-refractivity contribution >= 4 is 23.8 Å². The van der Waals surface area contributed by atoms with Crippen LogP contribution in [0, 0.1) is 0 Å². The molecule has 2 aromatic rings. The van der Waals surface area contributed by atoms with Crippen LogP contribution >= 0.6 is 0 Å². The number of rotatable bonds is 6. The molecule has 9 nitrogen and oxygen atoms in total. The molecular formula is C23H20N2O7. The molecule has 164 valence electrons. The second kappa shape index (κ2) is 8.64. The topological polar surface area (TPSA) is 111 Å². The number of amides is 2. The van der Waals surface area contributed by atoms with E-state index in [0.29, 0.717) is 16.2 Å². The highest BCUT2D eigenvalue weighted by Gasteiger charge is 2.58. The number of benzene rings is 2. The standard InChI is InChI=1S/C23H20N2O7/c1-15(26)24-18-14-30-25(21(18)28)23(13-12-19(27)32-23)22(29)31-20(16-8-4-2-5-9-16)17-10-6-3-7-11-17/h2-13,18,20H,14H2,1H3,(H,24,26)/t18-,23?/m0/s1. The second-order valence-corrected chi connectivity index (χ2v) is 7.24. The number of cyclic esters (lactones) is 1. The molecule has 1 fully saturated rings. The van der Waals surface area contributed by atoms with Gasteiger partial charge in [0.2, 0.25) is 5.91 Å². The van der Waals surface area contributed by atoms with Gasteiger partial charge in [-0.2, -0.15) is 5.06 Å². The molecule has 2 aromatic carbocycles. The minimum atomic E-state index is -2.25. The molecule has 2 amide bonds. The number of carbonyl (C=O) groups excluding carboxylic acids is 4. The van der Waals surface area contributed by atoms with E-state index in [2.05, 4.69) is 5.32 Å². The zero-order chi connectivity index (χ0) is 22.7. The van der Waals surface area contributed by atoms with Gasteiger partial charge in [0.05, 0.1) is 0 Å². The van der Waals surface area contributed by atoms with Gasteiger partial charge in [0.1, 0.15) is 12.6 Å². The summed E-state index contributed by atoms with van der Waals surface area (Å²) in [5, 5.41) is 3.08. The molecule has 2 aliphatic rings. The first-order chi connectivity index (χ1) is 15.4. The highest BCUT2D eigenvalue weighted by atomic mass is 16.8. The predicted octanol–water partition coefficient (Wildman–Crippen LogP) is 1.41. The quantitative estimate of drug-likeness (QED) is 0.682. The van der Waals surface area contributed by atoms with Crippen LogP contribution in [0.1, 0.15) is 24.2 Å². The van der Waals surface area contributed by atoms with Gasteiger partial charge in [0.15, 0.2) is 6.10 Å². The van der Waals surface area contributed by atoms with Crippen LogP contribution in [0.25, 0.3) is 0 Å². The van der Waals surface area contributed by atoms with Crippen LogP contribution < -0.4 is 5.32 Å². The third-order valence-corrected chi connectivity index (χ3v) is 4.97. The van der Waals surface area contributed by atoms with Crippen LogP contribution in [0.3, 0.4) is 0 Å². The molecule has 2 heterocycles. The van der Waals surface area contributed by atoms with E-state index in [9.17, 15) is 19.2 Å². The number of hydrogen-bond donors (Lipinski definition) is 1. The van der Waals surface area contributed by atoms with Gasteiger partial charge in [-0.15, -0.1) is 0 Å². The van der Waals surface area contributed by atoms with E-state index in [1.54, 1.807) is 48.5 Å². The minimum absolute atomic E-state index is 0.223. The summed E-state index contributed by atoms with van der Waals surface area (Å²) in [5.74, 6) is -3.04. The van der Waals surface area contributed by atoms with E-state index >= 15 is 0 Å². The normalized spacial score (nSPS) is 22.2. The number of hydrogen-bond acceptors (Lipinski definition) is 7. The first kappa shape index (κ1) is 21.3. The predicted molar refractivity (Wildman–Crippen MR) is 109 cm³/mol. The van der Waals surface area contributed by atoms with Gasteiger partial charge in [0.25, 0.3) is 5.91 Å². The lowest BCUT2D eigenvalue weighted by Gasteiger charge is -2.33. The fraction of sp³-hybridized carbons (Fsp3) is 0.217. The van der Waals surface area contributed by atoms with Crippen molar-refractivity contribution in [1.29, 1.82) is 0 Å². The van der Waals surface area contributed by atoms with E-state index in [-0.39, 0.29) is 6.61 Å². The number of nitrogens with zero attached hydrogens (tertiary/aromatic N) is 1. The van der Waals surface area contributed by atoms with E-state index in [4.69, 9.17) is 14.3 Å². The monoisotopic (exact) mass is 436 g/mol. The summed E-state index contributed by atoms with van der Waals surface area (Å²) in [6, 6.07) is 17.0. The van der Waals surface area contributed by atoms with E-state index in [1.807, 2.05) is 12.1 Å². The van der Waals surface area contributed by atoms with Crippen molar-refractivity contribution in [3.8, 4) is 0 Å². The summed E-state index contributed by atoms with van der Waals surface area (Å²) >= 11 is 0. The molecule has 4 rings (SSSR count). The maximum absolute atomic E-state index is 13.4. The van der Waals surface area contributed by atoms with Gasteiger partial charge >= 0.3 is 17.7 Å². The number of esters is 2. The first-order valence-corrected chi connectivity index (χ1v) is 9.88. The maximum Gasteiger partial charge on any atom is 0.380 e. The zero-order valence-electron chi connectivity index (χ0n) is 17.1. The Labute approximate surface area is 183 Å². The van der Waals surface area contributed by atoms with Crippen molar-refractivity contribution in [2.24, 2.45) is 0 Å². The van der Waals surface area contributed by atoms with Crippen LogP contribution in [-0.2, 0) is 33.5 Å². The van der Waals surface area contributed by atoms with Crippen LogP contribution in [0.15, 0.2) is 72.8 Å². The summed E-state index contributed by atoms with van der Waals surface area (Å²) < 4.78 is 11.0. The number of ether oxygens (including phenoxy) is 2. The number of carbonyl (C=O) groups is 4. The average molecular weight is 436 g/mol. The lowest BCUT2D eigenvalue weighted by Crippen LogP contribution is -2.57. The Bertz CT molecular complexity index is 1030. The zero-order valence-corrected chi connectivity index (χ0v) is 17.1. The molecule has 0 radical (unpaired) electrons. The summed E-state index contributed by atoms with van der Waals surface area (Å²) in [6.45, 7) is 1.03. The first-order valence-electron chi connectivity index (χ1n) is 9.88. The van der Waals surface area contributed by atoms with Gasteiger partial charge in [-0.05, 0) is 11.1 Å². The molecule has 0 saturated carbocycles. The smallest absolute Gasteiger partial charge is 0.380 e. The fourth-order valence-corrected chi connectivity index (χ4v) is 3.51. The SMILES string of the molecule is CC(=O)N[C@H]1CON(C2(C(=O)OC(c3ccccc3)c3ccccc3)C=CC(=O)O2)C1=O. The molecular weight excluding hydrogens is 416 g/mol. The molecule has 0 spiro atoms. The van der Waals surface area contributed by atoms with Crippen LogP contribution in [0.2, 0.25) is 0 Å². The molecule has 2 atom stereocenters. The Balaban J connectivity index is 1.66. The van der Waals surface area contributed by atoms with Crippen molar-refractivity contribution < 1.29 is 33.5 Å². The van der Waals surface area contributed by atoms with Gasteiger partial charge in [0, 0.05) is 19.1 Å². The highest BCUT2D eigenvalue weighted by molar-refractivity contribution is 5.98. The molecule has 9 heteroatoms. The lowest BCUT2D eigenvalue weighted by molar-refractivity contribution is -0.250. The summed E-state index contributed by atoms with van der Waals surface area (Å²) in [6.07, 6.45) is 1.29. The van der Waals surface area contributed by atoms with Gasteiger partial charge in [-0.1, -0.05) is 60.7 Å². The van der Waals surface area contributed by atoms with Gasteiger partial charge in [-0.3, -0.25) is 14.4 Å². The lowest BCUT2D eigenvalue weighted by atomic mass is 10.0. The van der Waals surface area contributed by atoms with Crippen LogP contribution in [0.5, 0.6) is 0 Å². The third kappa shape index (κ3) is 3.97. The minimum Gasteiger partial charge on any atom is -0.448 e. The van der Waals surface area contributed by atoms with Crippen LogP contribution in [-0.4, -0.2) is 47.2 Å². The van der Waals surface area contributed by atoms with Crippen LogP contribution in [0.4, 0.5) is 0 Å². The van der Waals surface area contributed by atoms with Gasteiger partial charge in [-0.25, -0.2) is 9.59 Å². The molecule has 1 unspecified atom stereocenters. The van der Waals surface area contributed by atoms with E-state index in [0.717, 1.165) is 12.2 Å². The molecule has 2 aliphatic heterocycles. The Morgan fingerprint density at radius 3 is 2.16 bits per heavy atom. The highest BCUT2D eigenvalue weighted by Crippen LogP contribution is 2.34. The van der Waals surface area contributed by atoms with Crippen molar-refractivity contribution in [3.05, 3.63) is 83.9 Å². The Hall–Kier alpha value is -3.98. The second-order valence-electron chi connectivity index (χ2n) is 7.24. The van der Waals surface area contributed by atoms with Crippen molar-refractivity contribution in [3.63, 3.8) is 0 Å². The number of hydroxylamine groups is 2.